The molecule has 1 heterocycles. The molecule has 0 amide bonds. The van der Waals surface area contributed by atoms with E-state index < -0.39 is 65.3 Å². The maximum atomic E-state index is 14.5. The van der Waals surface area contributed by atoms with E-state index in [-0.39, 0.29) is 5.56 Å². The van der Waals surface area contributed by atoms with Gasteiger partial charge in [0, 0.05) is 24.2 Å². The number of nitrogens with zero attached hydrogens (tertiary/aromatic N) is 1. The molecule has 0 bridgehead atoms. The second-order valence-corrected chi connectivity index (χ2v) is 6.66. The van der Waals surface area contributed by atoms with Gasteiger partial charge < -0.3 is 14.7 Å². The number of hydrogen-bond donors (Lipinski definition) is 1. The summed E-state index contributed by atoms with van der Waals surface area (Å²) in [7, 11) is 0.977. The summed E-state index contributed by atoms with van der Waals surface area (Å²) in [6, 6.07) is 8.33. The summed E-state index contributed by atoms with van der Waals surface area (Å²) in [5.74, 6) is -9.58. The van der Waals surface area contributed by atoms with E-state index in [1.807, 2.05) is 0 Å². The van der Waals surface area contributed by atoms with Crippen LogP contribution in [-0.4, -0.2) is 48.3 Å². The molecule has 3 rings (SSSR count). The largest absolute Gasteiger partial charge is 0.481 e. The van der Waals surface area contributed by atoms with Crippen LogP contribution in [0.4, 0.5) is 13.2 Å². The van der Waals surface area contributed by atoms with Gasteiger partial charge in [-0.15, -0.1) is 5.06 Å². The van der Waals surface area contributed by atoms with E-state index in [0.717, 1.165) is 12.2 Å². The summed E-state index contributed by atoms with van der Waals surface area (Å²) in [6.45, 7) is -1.27. The van der Waals surface area contributed by atoms with E-state index in [9.17, 15) is 32.7 Å². The molecule has 1 N–H and O–H groups in total. The molecule has 0 aliphatic carbocycles. The van der Waals surface area contributed by atoms with Gasteiger partial charge in [0.25, 0.3) is 0 Å². The van der Waals surface area contributed by atoms with Crippen molar-refractivity contribution in [3.05, 3.63) is 71.0 Å². The lowest BCUT2D eigenvalue weighted by atomic mass is 9.72. The normalized spacial score (nSPS) is 21.3. The van der Waals surface area contributed by atoms with Crippen molar-refractivity contribution in [2.75, 3.05) is 20.2 Å². The number of carbonyl (C=O) groups is 3. The summed E-state index contributed by atoms with van der Waals surface area (Å²) in [5, 5.41) is 10.7. The first-order valence-electron chi connectivity index (χ1n) is 8.69. The number of hydroxylamine groups is 2. The summed E-state index contributed by atoms with van der Waals surface area (Å²) in [6.07, 6.45) is 0. The van der Waals surface area contributed by atoms with E-state index >= 15 is 0 Å². The number of rotatable bonds is 5. The Morgan fingerprint density at radius 1 is 1.10 bits per heavy atom. The summed E-state index contributed by atoms with van der Waals surface area (Å²) in [5.41, 5.74) is -3.41. The Bertz CT molecular complexity index is 976. The average molecular weight is 423 g/mol. The van der Waals surface area contributed by atoms with Crippen LogP contribution in [0.2, 0.25) is 0 Å². The van der Waals surface area contributed by atoms with Gasteiger partial charge in [0.2, 0.25) is 0 Å². The first-order valence-corrected chi connectivity index (χ1v) is 8.69. The zero-order valence-corrected chi connectivity index (χ0v) is 15.6. The Morgan fingerprint density at radius 2 is 1.70 bits per heavy atom. The minimum Gasteiger partial charge on any atom is -0.481 e. The molecule has 2 unspecified atom stereocenters. The molecule has 2 aromatic carbocycles. The van der Waals surface area contributed by atoms with Crippen LogP contribution in [0.25, 0.3) is 0 Å². The molecule has 10 heteroatoms. The second-order valence-electron chi connectivity index (χ2n) is 6.66. The predicted molar refractivity (Wildman–Crippen MR) is 94.6 cm³/mol. The van der Waals surface area contributed by atoms with E-state index in [4.69, 9.17) is 4.84 Å². The zero-order chi connectivity index (χ0) is 22.1. The van der Waals surface area contributed by atoms with E-state index in [0.29, 0.717) is 12.1 Å². The van der Waals surface area contributed by atoms with Crippen LogP contribution in [0.5, 0.6) is 0 Å². The molecule has 1 fully saturated rings. The minimum absolute atomic E-state index is 0.138. The van der Waals surface area contributed by atoms with Crippen LogP contribution >= 0.6 is 0 Å². The highest BCUT2D eigenvalue weighted by molar-refractivity contribution is 5.91. The zero-order valence-electron chi connectivity index (χ0n) is 15.6. The van der Waals surface area contributed by atoms with Crippen molar-refractivity contribution in [1.29, 1.82) is 0 Å². The molecule has 1 aliphatic rings. The molecule has 1 aliphatic heterocycles. The minimum atomic E-state index is -2.52. The number of carboxylic acids is 1. The van der Waals surface area contributed by atoms with Crippen molar-refractivity contribution in [1.82, 2.24) is 5.06 Å². The number of aliphatic carboxylic acids is 1. The Kier molecular flexibility index (Phi) is 5.79. The van der Waals surface area contributed by atoms with E-state index in [1.165, 1.54) is 12.1 Å². The number of halogens is 3. The molecule has 0 radical (unpaired) electrons. The maximum Gasteiger partial charge on any atom is 0.357 e. The summed E-state index contributed by atoms with van der Waals surface area (Å²) in [4.78, 5) is 42.0. The molecule has 1 saturated heterocycles. The number of ether oxygens (including phenoxy) is 1. The van der Waals surface area contributed by atoms with Gasteiger partial charge in [-0.05, 0) is 12.1 Å². The smallest absolute Gasteiger partial charge is 0.357 e. The fraction of sp³-hybridized carbons (Fsp3) is 0.250. The second kappa shape index (κ2) is 8.15. The van der Waals surface area contributed by atoms with Gasteiger partial charge in [-0.2, -0.15) is 0 Å². The van der Waals surface area contributed by atoms with Crippen molar-refractivity contribution in [2.24, 2.45) is 5.92 Å². The molecule has 0 saturated carbocycles. The number of methoxy groups -OCH3 is 1. The van der Waals surface area contributed by atoms with Gasteiger partial charge in [0.15, 0.2) is 0 Å². The van der Waals surface area contributed by atoms with Gasteiger partial charge in [-0.25, -0.2) is 18.0 Å². The molecule has 158 valence electrons. The Hall–Kier alpha value is -3.40. The van der Waals surface area contributed by atoms with Crippen LogP contribution in [0, 0.1) is 23.4 Å². The van der Waals surface area contributed by atoms with Crippen LogP contribution in [-0.2, 0) is 24.6 Å². The molecule has 0 aromatic heterocycles. The van der Waals surface area contributed by atoms with Crippen LogP contribution < -0.4 is 0 Å². The first-order chi connectivity index (χ1) is 14.2. The van der Waals surface area contributed by atoms with Gasteiger partial charge in [-0.1, -0.05) is 18.2 Å². The van der Waals surface area contributed by atoms with Gasteiger partial charge in [0.05, 0.1) is 25.1 Å². The Balaban J connectivity index is 2.05. The van der Waals surface area contributed by atoms with Crippen molar-refractivity contribution in [2.45, 2.75) is 5.41 Å². The molecular formula is C20H16F3NO6. The standard InChI is InChI=1S/C20H16F3NO6/c1-29-18(26)13-9-24(30-17(25)11-5-3-2-4-6-11)10-20(13,19(27)28)16-14(22)7-12(21)8-15(16)23/h2-8,13H,9-10H2,1H3,(H,27,28). The predicted octanol–water partition coefficient (Wildman–Crippen LogP) is 2.30. The third-order valence-corrected chi connectivity index (χ3v) is 4.95. The Labute approximate surface area is 168 Å². The van der Waals surface area contributed by atoms with Gasteiger partial charge in [0.1, 0.15) is 22.9 Å². The van der Waals surface area contributed by atoms with Gasteiger partial charge >= 0.3 is 17.9 Å². The Morgan fingerprint density at radius 3 is 2.23 bits per heavy atom. The molecule has 7 nitrogen and oxygen atoms in total. The fourth-order valence-electron chi connectivity index (χ4n) is 3.59. The molecule has 2 atom stereocenters. The highest BCUT2D eigenvalue weighted by atomic mass is 19.1. The lowest BCUT2D eigenvalue weighted by molar-refractivity contribution is -0.155. The van der Waals surface area contributed by atoms with Crippen LogP contribution in [0.1, 0.15) is 15.9 Å². The highest BCUT2D eigenvalue weighted by Gasteiger charge is 2.61. The molecule has 2 aromatic rings. The highest BCUT2D eigenvalue weighted by Crippen LogP contribution is 2.43. The average Bonchev–Trinajstić information content (AvgIpc) is 3.07. The topological polar surface area (TPSA) is 93.1 Å². The third kappa shape index (κ3) is 3.61. The number of hydrogen-bond acceptors (Lipinski definition) is 6. The molecule has 30 heavy (non-hydrogen) atoms. The lowest BCUT2D eigenvalue weighted by Crippen LogP contribution is -2.48. The van der Waals surface area contributed by atoms with E-state index in [2.05, 4.69) is 4.74 Å². The summed E-state index contributed by atoms with van der Waals surface area (Å²) < 4.78 is 47.1. The lowest BCUT2D eigenvalue weighted by Gasteiger charge is -2.29. The summed E-state index contributed by atoms with van der Waals surface area (Å²) >= 11 is 0. The number of carbonyl (C=O) groups excluding carboxylic acids is 2. The monoisotopic (exact) mass is 423 g/mol. The van der Waals surface area contributed by atoms with Crippen molar-refractivity contribution in [3.63, 3.8) is 0 Å². The van der Waals surface area contributed by atoms with Crippen molar-refractivity contribution >= 4 is 17.9 Å². The van der Waals surface area contributed by atoms with Crippen LogP contribution in [0.15, 0.2) is 42.5 Å². The van der Waals surface area contributed by atoms with Gasteiger partial charge in [-0.3, -0.25) is 9.59 Å². The fourth-order valence-corrected chi connectivity index (χ4v) is 3.59. The quantitative estimate of drug-likeness (QED) is 0.738. The SMILES string of the molecule is COC(=O)C1CN(OC(=O)c2ccccc2)CC1(C(=O)O)c1c(F)cc(F)cc1F. The van der Waals surface area contributed by atoms with E-state index in [1.54, 1.807) is 18.2 Å². The third-order valence-electron chi connectivity index (χ3n) is 4.95. The maximum absolute atomic E-state index is 14.5. The molecular weight excluding hydrogens is 407 g/mol. The molecule has 0 spiro atoms. The number of esters is 1. The number of carboxylic acid groups (broad SMARTS) is 1. The van der Waals surface area contributed by atoms with Crippen molar-refractivity contribution < 1.29 is 42.2 Å². The van der Waals surface area contributed by atoms with Crippen molar-refractivity contribution in [3.8, 4) is 0 Å². The van der Waals surface area contributed by atoms with Crippen LogP contribution in [0.3, 0.4) is 0 Å². The number of benzene rings is 2. The first kappa shape index (κ1) is 21.3.